The average molecular weight is 297 g/mol. The molecule has 116 valence electrons. The van der Waals surface area contributed by atoms with Crippen molar-refractivity contribution in [2.45, 2.75) is 25.7 Å². The van der Waals surface area contributed by atoms with Crippen LogP contribution in [-0.2, 0) is 0 Å². The van der Waals surface area contributed by atoms with Gasteiger partial charge in [-0.05, 0) is 31.9 Å². The van der Waals surface area contributed by atoms with Gasteiger partial charge in [0.15, 0.2) is 0 Å². The molecule has 1 aliphatic rings. The molecule has 1 saturated heterocycles. The van der Waals surface area contributed by atoms with Gasteiger partial charge in [-0.15, -0.1) is 0 Å². The topological polar surface area (TPSA) is 58.4 Å². The van der Waals surface area contributed by atoms with E-state index in [2.05, 4.69) is 10.2 Å². The van der Waals surface area contributed by atoms with E-state index in [4.69, 9.17) is 5.73 Å². The Morgan fingerprint density at radius 1 is 1.38 bits per heavy atom. The van der Waals surface area contributed by atoms with Gasteiger partial charge in [-0.3, -0.25) is 4.79 Å². The highest BCUT2D eigenvalue weighted by Gasteiger charge is 2.28. The van der Waals surface area contributed by atoms with Crippen LogP contribution in [0.5, 0.6) is 0 Å². The van der Waals surface area contributed by atoms with E-state index in [0.29, 0.717) is 5.56 Å². The van der Waals surface area contributed by atoms with Crippen molar-refractivity contribution < 1.29 is 13.6 Å². The van der Waals surface area contributed by atoms with Crippen molar-refractivity contribution in [3.63, 3.8) is 0 Å². The lowest BCUT2D eigenvalue weighted by Gasteiger charge is -2.22. The van der Waals surface area contributed by atoms with Crippen molar-refractivity contribution in [1.29, 1.82) is 0 Å². The van der Waals surface area contributed by atoms with Crippen molar-refractivity contribution in [3.05, 3.63) is 29.3 Å². The zero-order chi connectivity index (χ0) is 15.5. The van der Waals surface area contributed by atoms with E-state index in [0.717, 1.165) is 37.2 Å². The van der Waals surface area contributed by atoms with Crippen molar-refractivity contribution in [2.75, 3.05) is 31.1 Å². The predicted molar refractivity (Wildman–Crippen MR) is 79.0 cm³/mol. The number of rotatable bonds is 5. The maximum atomic E-state index is 13.2. The van der Waals surface area contributed by atoms with Crippen molar-refractivity contribution in [3.8, 4) is 0 Å². The van der Waals surface area contributed by atoms with Gasteiger partial charge in [0.1, 0.15) is 0 Å². The number of alkyl halides is 2. The first-order valence-corrected chi connectivity index (χ1v) is 7.15. The van der Waals surface area contributed by atoms with Crippen LogP contribution in [-0.4, -0.2) is 38.0 Å². The van der Waals surface area contributed by atoms with Gasteiger partial charge >= 0.3 is 0 Å². The highest BCUT2D eigenvalue weighted by Crippen LogP contribution is 2.25. The number of carbonyl (C=O) groups excluding carboxylic acids is 1. The zero-order valence-electron chi connectivity index (χ0n) is 12.2. The summed E-state index contributed by atoms with van der Waals surface area (Å²) >= 11 is 0. The van der Waals surface area contributed by atoms with E-state index in [1.165, 1.54) is 0 Å². The van der Waals surface area contributed by atoms with E-state index in [1.54, 1.807) is 6.07 Å². The second-order valence-corrected chi connectivity index (χ2v) is 5.46. The quantitative estimate of drug-likeness (QED) is 0.873. The van der Waals surface area contributed by atoms with Gasteiger partial charge < -0.3 is 16.0 Å². The number of amides is 1. The molecule has 1 aliphatic heterocycles. The van der Waals surface area contributed by atoms with Gasteiger partial charge in [-0.2, -0.15) is 0 Å². The number of nitrogens with one attached hydrogen (secondary N) is 1. The largest absolute Gasteiger partial charge is 0.371 e. The third-order valence-corrected chi connectivity index (χ3v) is 3.65. The molecule has 2 rings (SSSR count). The van der Waals surface area contributed by atoms with Crippen LogP contribution in [0.15, 0.2) is 18.2 Å². The Labute approximate surface area is 123 Å². The monoisotopic (exact) mass is 297 g/mol. The second-order valence-electron chi connectivity index (χ2n) is 5.46. The maximum Gasteiger partial charge on any atom is 0.277 e. The van der Waals surface area contributed by atoms with E-state index in [9.17, 15) is 13.6 Å². The van der Waals surface area contributed by atoms with Crippen LogP contribution in [0.25, 0.3) is 0 Å². The second kappa shape index (κ2) is 6.39. The Bertz CT molecular complexity index is 514. The van der Waals surface area contributed by atoms with Crippen LogP contribution in [0, 0.1) is 6.92 Å². The molecule has 0 aromatic heterocycles. The summed E-state index contributed by atoms with van der Waals surface area (Å²) in [7, 11) is 0. The molecule has 0 spiro atoms. The smallest absolute Gasteiger partial charge is 0.277 e. The highest BCUT2D eigenvalue weighted by molar-refractivity contribution is 6.00. The number of halogens is 2. The number of benzene rings is 1. The van der Waals surface area contributed by atoms with Gasteiger partial charge in [0.25, 0.3) is 11.8 Å². The number of hydrogen-bond acceptors (Lipinski definition) is 3. The maximum absolute atomic E-state index is 13.2. The summed E-state index contributed by atoms with van der Waals surface area (Å²) in [6, 6.07) is 5.55. The minimum Gasteiger partial charge on any atom is -0.371 e. The van der Waals surface area contributed by atoms with Crippen molar-refractivity contribution in [1.82, 2.24) is 5.32 Å². The Morgan fingerprint density at radius 3 is 2.67 bits per heavy atom. The molecule has 0 radical (unpaired) electrons. The lowest BCUT2D eigenvalue weighted by Crippen LogP contribution is -2.41. The molecule has 0 bridgehead atoms. The first kappa shape index (κ1) is 15.7. The van der Waals surface area contributed by atoms with Gasteiger partial charge in [-0.1, -0.05) is 11.6 Å². The summed E-state index contributed by atoms with van der Waals surface area (Å²) in [6.45, 7) is 2.14. The Kier molecular flexibility index (Phi) is 4.77. The third-order valence-electron chi connectivity index (χ3n) is 3.65. The molecule has 1 fully saturated rings. The van der Waals surface area contributed by atoms with Crippen LogP contribution >= 0.6 is 0 Å². The molecule has 0 aliphatic carbocycles. The van der Waals surface area contributed by atoms with Crippen LogP contribution in [0.2, 0.25) is 0 Å². The first-order valence-electron chi connectivity index (χ1n) is 7.15. The lowest BCUT2D eigenvalue weighted by atomic mass is 10.1. The normalized spacial score (nSPS) is 15.3. The minimum absolute atomic E-state index is 0.449. The van der Waals surface area contributed by atoms with Crippen LogP contribution in [0.3, 0.4) is 0 Å². The van der Waals surface area contributed by atoms with Crippen LogP contribution in [0.4, 0.5) is 14.5 Å². The Morgan fingerprint density at radius 2 is 2.05 bits per heavy atom. The molecule has 1 aromatic rings. The number of nitrogens with two attached hydrogens (primary N) is 1. The fourth-order valence-electron chi connectivity index (χ4n) is 2.44. The summed E-state index contributed by atoms with van der Waals surface area (Å²) in [6.07, 6.45) is 2.17. The molecule has 0 unspecified atom stereocenters. The summed E-state index contributed by atoms with van der Waals surface area (Å²) in [5, 5.41) is 2.29. The average Bonchev–Trinajstić information content (AvgIpc) is 2.99. The number of aryl methyl sites for hydroxylation is 1. The molecule has 6 heteroatoms. The Balaban J connectivity index is 2.17. The fourth-order valence-corrected chi connectivity index (χ4v) is 2.44. The molecular weight excluding hydrogens is 276 g/mol. The molecule has 0 saturated carbocycles. The molecule has 21 heavy (non-hydrogen) atoms. The first-order chi connectivity index (χ1) is 9.93. The molecule has 1 heterocycles. The Hall–Kier alpha value is -1.69. The van der Waals surface area contributed by atoms with Gasteiger partial charge in [0, 0.05) is 18.8 Å². The molecule has 1 amide bonds. The predicted octanol–water partition coefficient (Wildman–Crippen LogP) is 1.92. The van der Waals surface area contributed by atoms with Gasteiger partial charge in [0.2, 0.25) is 0 Å². The van der Waals surface area contributed by atoms with E-state index in [1.807, 2.05) is 19.1 Å². The van der Waals surface area contributed by atoms with E-state index >= 15 is 0 Å². The molecule has 4 nitrogen and oxygen atoms in total. The molecule has 1 aromatic carbocycles. The fraction of sp³-hybridized carbons (Fsp3) is 0.533. The summed E-state index contributed by atoms with van der Waals surface area (Å²) in [5.74, 6) is -3.55. The highest BCUT2D eigenvalue weighted by atomic mass is 19.3. The van der Waals surface area contributed by atoms with Crippen LogP contribution in [0.1, 0.15) is 28.8 Å². The van der Waals surface area contributed by atoms with Crippen molar-refractivity contribution in [2.24, 2.45) is 5.73 Å². The lowest BCUT2D eigenvalue weighted by molar-refractivity contribution is 0.0119. The molecular formula is C15H21F2N3O. The van der Waals surface area contributed by atoms with Gasteiger partial charge in [-0.25, -0.2) is 8.78 Å². The third kappa shape index (κ3) is 3.91. The standard InChI is InChI=1S/C15H21F2N3O/c1-11-4-5-13(20-6-2-3-7-20)12(8-11)14(21)19-10-15(16,17)9-18/h4-5,8H,2-3,6-7,9-10,18H2,1H3,(H,19,21). The minimum atomic E-state index is -3.08. The van der Waals surface area contributed by atoms with E-state index < -0.39 is 24.9 Å². The van der Waals surface area contributed by atoms with Crippen LogP contribution < -0.4 is 16.0 Å². The zero-order valence-corrected chi connectivity index (χ0v) is 12.2. The summed E-state index contributed by atoms with van der Waals surface area (Å²) < 4.78 is 26.3. The number of hydrogen-bond donors (Lipinski definition) is 2. The summed E-state index contributed by atoms with van der Waals surface area (Å²) in [4.78, 5) is 14.3. The molecule has 3 N–H and O–H groups in total. The van der Waals surface area contributed by atoms with Gasteiger partial charge in [0.05, 0.1) is 18.7 Å². The number of nitrogens with zero attached hydrogens (tertiary/aromatic N) is 1. The summed E-state index contributed by atoms with van der Waals surface area (Å²) in [5.41, 5.74) is 7.16. The number of carbonyl (C=O) groups is 1. The SMILES string of the molecule is Cc1ccc(N2CCCC2)c(C(=O)NCC(F)(F)CN)c1. The molecule has 0 atom stereocenters. The van der Waals surface area contributed by atoms with E-state index in [-0.39, 0.29) is 0 Å². The number of anilines is 1. The van der Waals surface area contributed by atoms with Crippen molar-refractivity contribution >= 4 is 11.6 Å².